The fourth-order valence-electron chi connectivity index (χ4n) is 3.99. The Bertz CT molecular complexity index is 1360. The number of anilines is 1. The van der Waals surface area contributed by atoms with Crippen LogP contribution in [0, 0.1) is 6.92 Å². The topological polar surface area (TPSA) is 110 Å². The highest BCUT2D eigenvalue weighted by Gasteiger charge is 2.44. The molecule has 9 heteroatoms. The van der Waals surface area contributed by atoms with E-state index in [-0.39, 0.29) is 18.0 Å². The lowest BCUT2D eigenvalue weighted by molar-refractivity contribution is -0.121. The molecule has 1 fully saturated rings. The largest absolute Gasteiger partial charge is 0.495 e. The van der Waals surface area contributed by atoms with Gasteiger partial charge in [-0.05, 0) is 31.2 Å². The third-order valence-corrected chi connectivity index (χ3v) is 5.41. The van der Waals surface area contributed by atoms with Crippen molar-refractivity contribution in [1.29, 1.82) is 0 Å². The van der Waals surface area contributed by atoms with Crippen LogP contribution in [0.25, 0.3) is 17.1 Å². The molecule has 9 nitrogen and oxygen atoms in total. The van der Waals surface area contributed by atoms with Crippen molar-refractivity contribution in [2.24, 2.45) is 0 Å². The normalized spacial score (nSPS) is 16.5. The first-order chi connectivity index (χ1) is 15.0. The van der Waals surface area contributed by atoms with E-state index in [0.717, 1.165) is 9.58 Å². The van der Waals surface area contributed by atoms with Crippen LogP contribution < -0.4 is 15.2 Å². The van der Waals surface area contributed by atoms with Gasteiger partial charge >= 0.3 is 6.01 Å². The third kappa shape index (κ3) is 2.85. The molecule has 1 aliphatic rings. The maximum absolute atomic E-state index is 13.2. The van der Waals surface area contributed by atoms with Gasteiger partial charge in [-0.2, -0.15) is 9.67 Å². The van der Waals surface area contributed by atoms with Crippen LogP contribution in [0.3, 0.4) is 0 Å². The number of methoxy groups -OCH3 is 1. The van der Waals surface area contributed by atoms with Crippen molar-refractivity contribution in [2.45, 2.75) is 19.3 Å². The quantitative estimate of drug-likeness (QED) is 0.510. The Kier molecular flexibility index (Phi) is 4.25. The van der Waals surface area contributed by atoms with E-state index < -0.39 is 23.3 Å². The van der Waals surface area contributed by atoms with E-state index in [9.17, 15) is 14.4 Å². The molecule has 4 aromatic rings. The predicted molar refractivity (Wildman–Crippen MR) is 112 cm³/mol. The summed E-state index contributed by atoms with van der Waals surface area (Å²) in [6.07, 6.45) is -0.113. The number of carbonyl (C=O) groups excluding carboxylic acids is 2. The van der Waals surface area contributed by atoms with Gasteiger partial charge in [0.15, 0.2) is 5.58 Å². The minimum atomic E-state index is -0.910. The molecule has 0 bridgehead atoms. The van der Waals surface area contributed by atoms with Crippen LogP contribution in [0.2, 0.25) is 0 Å². The van der Waals surface area contributed by atoms with Gasteiger partial charge in [0.05, 0.1) is 24.3 Å². The van der Waals surface area contributed by atoms with Crippen LogP contribution in [0.1, 0.15) is 23.6 Å². The summed E-state index contributed by atoms with van der Waals surface area (Å²) in [7, 11) is 1.47. The van der Waals surface area contributed by atoms with Crippen molar-refractivity contribution in [2.75, 3.05) is 12.0 Å². The summed E-state index contributed by atoms with van der Waals surface area (Å²) in [4.78, 5) is 44.6. The second-order valence-corrected chi connectivity index (χ2v) is 7.25. The van der Waals surface area contributed by atoms with E-state index in [0.29, 0.717) is 28.2 Å². The number of oxazole rings is 1. The summed E-state index contributed by atoms with van der Waals surface area (Å²) in [5.74, 6) is -1.38. The molecule has 3 heterocycles. The van der Waals surface area contributed by atoms with E-state index in [1.165, 1.54) is 7.11 Å². The molecule has 156 valence electrons. The average molecular weight is 418 g/mol. The second-order valence-electron chi connectivity index (χ2n) is 7.25. The minimum absolute atomic E-state index is 0.0684. The minimum Gasteiger partial charge on any atom is -0.495 e. The molecule has 2 amide bonds. The Morgan fingerprint density at radius 3 is 2.61 bits per heavy atom. The first kappa shape index (κ1) is 18.9. The Hall–Kier alpha value is -4.14. The number of hydrogen-bond acceptors (Lipinski definition) is 6. The van der Waals surface area contributed by atoms with Crippen LogP contribution in [0.15, 0.2) is 57.7 Å². The van der Waals surface area contributed by atoms with Crippen molar-refractivity contribution in [3.63, 3.8) is 0 Å². The molecular weight excluding hydrogens is 400 g/mol. The Morgan fingerprint density at radius 2 is 1.84 bits per heavy atom. The van der Waals surface area contributed by atoms with E-state index in [1.807, 2.05) is 6.07 Å². The molecule has 0 unspecified atom stereocenters. The smallest absolute Gasteiger partial charge is 0.325 e. The van der Waals surface area contributed by atoms with E-state index in [2.05, 4.69) is 10.1 Å². The molecule has 2 aromatic carbocycles. The molecule has 1 saturated heterocycles. The Balaban J connectivity index is 1.56. The van der Waals surface area contributed by atoms with Gasteiger partial charge in [-0.3, -0.25) is 19.5 Å². The van der Waals surface area contributed by atoms with Crippen molar-refractivity contribution < 1.29 is 18.7 Å². The van der Waals surface area contributed by atoms with Crippen LogP contribution >= 0.6 is 0 Å². The maximum atomic E-state index is 13.2. The fourth-order valence-corrected chi connectivity index (χ4v) is 3.99. The van der Waals surface area contributed by atoms with Crippen molar-refractivity contribution in [3.8, 4) is 11.8 Å². The highest BCUT2D eigenvalue weighted by Crippen LogP contribution is 2.37. The van der Waals surface area contributed by atoms with Crippen molar-refractivity contribution in [3.05, 3.63) is 70.1 Å². The van der Waals surface area contributed by atoms with Gasteiger partial charge in [0.1, 0.15) is 11.3 Å². The lowest BCUT2D eigenvalue weighted by atomic mass is 9.98. The number of para-hydroxylation sites is 4. The molecule has 0 saturated carbocycles. The van der Waals surface area contributed by atoms with Gasteiger partial charge in [-0.1, -0.05) is 24.3 Å². The fraction of sp³-hybridized carbons (Fsp3) is 0.182. The summed E-state index contributed by atoms with van der Waals surface area (Å²) in [5.41, 5.74) is 1.71. The number of aromatic nitrogens is 3. The zero-order valence-corrected chi connectivity index (χ0v) is 16.8. The molecule has 0 aliphatic carbocycles. The third-order valence-electron chi connectivity index (χ3n) is 5.41. The molecule has 2 aromatic heterocycles. The average Bonchev–Trinajstić information content (AvgIpc) is 3.41. The number of aromatic amines is 1. The molecule has 1 N–H and O–H groups in total. The molecule has 1 atom stereocenters. The van der Waals surface area contributed by atoms with E-state index in [1.54, 1.807) is 49.4 Å². The predicted octanol–water partition coefficient (Wildman–Crippen LogP) is 2.67. The zero-order valence-electron chi connectivity index (χ0n) is 16.8. The number of nitrogens with one attached hydrogen (secondary N) is 1. The number of amides is 2. The Morgan fingerprint density at radius 1 is 1.10 bits per heavy atom. The van der Waals surface area contributed by atoms with Crippen molar-refractivity contribution >= 4 is 28.6 Å². The van der Waals surface area contributed by atoms with Crippen LogP contribution in [0.5, 0.6) is 5.75 Å². The lowest BCUT2D eigenvalue weighted by Crippen LogP contribution is -2.31. The number of carbonyl (C=O) groups is 2. The summed E-state index contributed by atoms with van der Waals surface area (Å²) in [5, 5.41) is 2.92. The molecule has 1 aliphatic heterocycles. The van der Waals surface area contributed by atoms with Gasteiger partial charge in [-0.25, -0.2) is 4.90 Å². The Labute approximate surface area is 175 Å². The van der Waals surface area contributed by atoms with Crippen LogP contribution in [-0.4, -0.2) is 33.7 Å². The molecule has 31 heavy (non-hydrogen) atoms. The molecular formula is C22H18N4O5. The first-order valence-corrected chi connectivity index (χ1v) is 9.67. The number of rotatable bonds is 4. The SMILES string of the molecule is COc1ccccc1N1C(=O)C[C@@H](c2c(C)[nH]n(-c3nc4ccccc4o3)c2=O)C1=O. The van der Waals surface area contributed by atoms with E-state index in [4.69, 9.17) is 9.15 Å². The van der Waals surface area contributed by atoms with Gasteiger partial charge in [0.2, 0.25) is 11.8 Å². The standard InChI is InChI=1S/C22H18N4O5/c1-12-19(21(29)26(24-12)22-23-14-7-3-5-9-16(14)31-22)13-11-18(27)25(20(13)28)15-8-4-6-10-17(15)30-2/h3-10,13,24H,11H2,1-2H3/t13-/m0/s1. The number of nitrogens with zero attached hydrogens (tertiary/aromatic N) is 3. The summed E-state index contributed by atoms with van der Waals surface area (Å²) >= 11 is 0. The van der Waals surface area contributed by atoms with Gasteiger partial charge in [0.25, 0.3) is 5.56 Å². The van der Waals surface area contributed by atoms with Gasteiger partial charge < -0.3 is 9.15 Å². The molecule has 0 radical (unpaired) electrons. The number of benzene rings is 2. The van der Waals surface area contributed by atoms with E-state index >= 15 is 0 Å². The summed E-state index contributed by atoms with van der Waals surface area (Å²) < 4.78 is 12.1. The van der Waals surface area contributed by atoms with Crippen LogP contribution in [-0.2, 0) is 9.59 Å². The highest BCUT2D eigenvalue weighted by molar-refractivity contribution is 6.23. The number of aryl methyl sites for hydroxylation is 1. The number of fused-ring (bicyclic) bond motifs is 1. The highest BCUT2D eigenvalue weighted by atomic mass is 16.5. The number of ether oxygens (including phenoxy) is 1. The molecule has 5 rings (SSSR count). The van der Waals surface area contributed by atoms with Gasteiger partial charge in [-0.15, -0.1) is 0 Å². The number of imide groups is 1. The van der Waals surface area contributed by atoms with Crippen molar-refractivity contribution in [1.82, 2.24) is 14.8 Å². The summed E-state index contributed by atoms with van der Waals surface area (Å²) in [6.45, 7) is 1.68. The lowest BCUT2D eigenvalue weighted by Gasteiger charge is -2.17. The number of hydrogen-bond donors (Lipinski definition) is 1. The molecule has 0 spiro atoms. The van der Waals surface area contributed by atoms with Crippen LogP contribution in [0.4, 0.5) is 5.69 Å². The van der Waals surface area contributed by atoms with Gasteiger partial charge in [0, 0.05) is 12.1 Å². The maximum Gasteiger partial charge on any atom is 0.325 e. The monoisotopic (exact) mass is 418 g/mol. The number of H-pyrrole nitrogens is 1. The zero-order chi connectivity index (χ0) is 21.7. The second kappa shape index (κ2) is 6.98. The first-order valence-electron chi connectivity index (χ1n) is 9.67. The summed E-state index contributed by atoms with van der Waals surface area (Å²) in [6, 6.07) is 14.0.